The van der Waals surface area contributed by atoms with Crippen molar-refractivity contribution in [2.75, 3.05) is 0 Å². The number of carboxylic acid groups (broad SMARTS) is 1. The lowest BCUT2D eigenvalue weighted by Gasteiger charge is -2.08. The number of carbonyl (C=O) groups is 1. The molecule has 1 aromatic rings. The van der Waals surface area contributed by atoms with Crippen molar-refractivity contribution in [2.24, 2.45) is 0 Å². The maximum absolute atomic E-state index is 10.3. The predicted octanol–water partition coefficient (Wildman–Crippen LogP) is 1.66. The van der Waals surface area contributed by atoms with Gasteiger partial charge in [-0.2, -0.15) is 0 Å². The Kier molecular flexibility index (Phi) is 3.52. The molecule has 0 amide bonds. The van der Waals surface area contributed by atoms with Gasteiger partial charge in [-0.25, -0.2) is 0 Å². The topological polar surface area (TPSA) is 59.7 Å². The van der Waals surface area contributed by atoms with Gasteiger partial charge in [0.05, 0.1) is 18.8 Å². The first kappa shape index (κ1) is 9.80. The number of carboxylic acids is 1. The first-order valence-corrected chi connectivity index (χ1v) is 4.04. The summed E-state index contributed by atoms with van der Waals surface area (Å²) in [5, 5.41) is 8.44. The summed E-state index contributed by atoms with van der Waals surface area (Å²) in [5.41, 5.74) is 0. The quantitative estimate of drug-likeness (QED) is 0.756. The highest BCUT2D eigenvalue weighted by atomic mass is 16.5. The second-order valence-electron chi connectivity index (χ2n) is 2.80. The van der Waals surface area contributed by atoms with Crippen molar-refractivity contribution in [3.8, 4) is 0 Å². The number of aliphatic carboxylic acids is 1. The van der Waals surface area contributed by atoms with Crippen LogP contribution in [0.25, 0.3) is 0 Å². The number of furan rings is 1. The minimum Gasteiger partial charge on any atom is -0.481 e. The molecule has 4 heteroatoms. The van der Waals surface area contributed by atoms with Gasteiger partial charge in [0, 0.05) is 0 Å². The van der Waals surface area contributed by atoms with Gasteiger partial charge in [-0.05, 0) is 19.1 Å². The molecule has 0 aliphatic heterocycles. The van der Waals surface area contributed by atoms with Gasteiger partial charge >= 0.3 is 5.97 Å². The first-order valence-electron chi connectivity index (χ1n) is 4.04. The Labute approximate surface area is 76.1 Å². The lowest BCUT2D eigenvalue weighted by atomic mass is 10.3. The molecule has 0 aliphatic carbocycles. The van der Waals surface area contributed by atoms with Gasteiger partial charge in [-0.1, -0.05) is 0 Å². The largest absolute Gasteiger partial charge is 0.481 e. The van der Waals surface area contributed by atoms with Gasteiger partial charge in [-0.15, -0.1) is 0 Å². The number of rotatable bonds is 5. The fraction of sp³-hybridized carbons (Fsp3) is 0.444. The van der Waals surface area contributed by atoms with Crippen LogP contribution in [-0.2, 0) is 16.1 Å². The first-order chi connectivity index (χ1) is 6.18. The van der Waals surface area contributed by atoms with Crippen molar-refractivity contribution in [3.05, 3.63) is 24.2 Å². The summed E-state index contributed by atoms with van der Waals surface area (Å²) in [6, 6.07) is 3.55. The Morgan fingerprint density at radius 1 is 1.77 bits per heavy atom. The van der Waals surface area contributed by atoms with Crippen LogP contribution in [0.15, 0.2) is 22.8 Å². The average Bonchev–Trinajstić information content (AvgIpc) is 2.51. The fourth-order valence-corrected chi connectivity index (χ4v) is 0.924. The molecule has 0 aromatic carbocycles. The molecule has 1 rings (SSSR count). The Morgan fingerprint density at radius 3 is 3.08 bits per heavy atom. The van der Waals surface area contributed by atoms with E-state index in [0.717, 1.165) is 0 Å². The molecule has 13 heavy (non-hydrogen) atoms. The van der Waals surface area contributed by atoms with Crippen molar-refractivity contribution in [2.45, 2.75) is 26.1 Å². The third kappa shape index (κ3) is 3.75. The molecular weight excluding hydrogens is 172 g/mol. The number of hydrogen-bond donors (Lipinski definition) is 1. The molecule has 0 bridgehead atoms. The monoisotopic (exact) mass is 184 g/mol. The van der Waals surface area contributed by atoms with Crippen molar-refractivity contribution in [1.29, 1.82) is 0 Å². The van der Waals surface area contributed by atoms with E-state index < -0.39 is 5.97 Å². The molecule has 0 spiro atoms. The summed E-state index contributed by atoms with van der Waals surface area (Å²) in [6.07, 6.45) is 1.28. The smallest absolute Gasteiger partial charge is 0.305 e. The van der Waals surface area contributed by atoms with E-state index >= 15 is 0 Å². The second kappa shape index (κ2) is 4.67. The third-order valence-electron chi connectivity index (χ3n) is 1.55. The molecule has 0 saturated heterocycles. The number of ether oxygens (including phenoxy) is 1. The van der Waals surface area contributed by atoms with Gasteiger partial charge in [0.2, 0.25) is 0 Å². The van der Waals surface area contributed by atoms with Crippen LogP contribution in [0.1, 0.15) is 19.1 Å². The van der Waals surface area contributed by atoms with Gasteiger partial charge in [0.1, 0.15) is 12.4 Å². The van der Waals surface area contributed by atoms with Gasteiger partial charge in [0.15, 0.2) is 0 Å². The molecule has 1 heterocycles. The minimum absolute atomic E-state index is 0.0146. The predicted molar refractivity (Wildman–Crippen MR) is 45.2 cm³/mol. The van der Waals surface area contributed by atoms with E-state index in [1.54, 1.807) is 25.3 Å². The molecule has 1 atom stereocenters. The van der Waals surface area contributed by atoms with E-state index in [2.05, 4.69) is 0 Å². The van der Waals surface area contributed by atoms with E-state index in [1.165, 1.54) is 0 Å². The van der Waals surface area contributed by atoms with Crippen LogP contribution in [0.4, 0.5) is 0 Å². The van der Waals surface area contributed by atoms with Crippen LogP contribution in [-0.4, -0.2) is 17.2 Å². The maximum atomic E-state index is 10.3. The summed E-state index contributed by atoms with van der Waals surface area (Å²) in [6.45, 7) is 2.04. The molecular formula is C9H12O4. The van der Waals surface area contributed by atoms with Crippen LogP contribution >= 0.6 is 0 Å². The van der Waals surface area contributed by atoms with Crippen molar-refractivity contribution < 1.29 is 19.1 Å². The molecule has 1 aromatic heterocycles. The Hall–Kier alpha value is -1.29. The summed E-state index contributed by atoms with van der Waals surface area (Å²) < 4.78 is 10.2. The highest BCUT2D eigenvalue weighted by molar-refractivity contribution is 5.67. The van der Waals surface area contributed by atoms with Crippen molar-refractivity contribution in [1.82, 2.24) is 0 Å². The van der Waals surface area contributed by atoms with E-state index in [9.17, 15) is 4.79 Å². The second-order valence-corrected chi connectivity index (χ2v) is 2.80. The van der Waals surface area contributed by atoms with Crippen molar-refractivity contribution >= 4 is 5.97 Å². The van der Waals surface area contributed by atoms with Crippen molar-refractivity contribution in [3.63, 3.8) is 0 Å². The summed E-state index contributed by atoms with van der Waals surface area (Å²) in [7, 11) is 0. The summed E-state index contributed by atoms with van der Waals surface area (Å²) in [5.74, 6) is -0.149. The van der Waals surface area contributed by atoms with Crippen LogP contribution < -0.4 is 0 Å². The highest BCUT2D eigenvalue weighted by Crippen LogP contribution is 2.05. The van der Waals surface area contributed by atoms with Crippen LogP contribution in [0.5, 0.6) is 0 Å². The SMILES string of the molecule is CC(CC(=O)O)OCc1ccco1. The van der Waals surface area contributed by atoms with Crippen LogP contribution in [0.3, 0.4) is 0 Å². The molecule has 72 valence electrons. The Bertz CT molecular complexity index is 253. The molecule has 1 N–H and O–H groups in total. The van der Waals surface area contributed by atoms with E-state index in [0.29, 0.717) is 12.4 Å². The van der Waals surface area contributed by atoms with Gasteiger partial charge in [0.25, 0.3) is 0 Å². The van der Waals surface area contributed by atoms with E-state index in [4.69, 9.17) is 14.3 Å². The van der Waals surface area contributed by atoms with E-state index in [1.807, 2.05) is 0 Å². The normalized spacial score (nSPS) is 12.7. The fourth-order valence-electron chi connectivity index (χ4n) is 0.924. The minimum atomic E-state index is -0.855. The molecule has 0 radical (unpaired) electrons. The van der Waals surface area contributed by atoms with Gasteiger partial charge < -0.3 is 14.3 Å². The average molecular weight is 184 g/mol. The Morgan fingerprint density at radius 2 is 2.54 bits per heavy atom. The lowest BCUT2D eigenvalue weighted by molar-refractivity contribution is -0.140. The summed E-state index contributed by atoms with van der Waals surface area (Å²) in [4.78, 5) is 10.3. The Balaban J connectivity index is 2.22. The molecule has 4 nitrogen and oxygen atoms in total. The highest BCUT2D eigenvalue weighted by Gasteiger charge is 2.08. The van der Waals surface area contributed by atoms with E-state index in [-0.39, 0.29) is 12.5 Å². The zero-order chi connectivity index (χ0) is 9.68. The molecule has 0 fully saturated rings. The number of hydrogen-bond acceptors (Lipinski definition) is 3. The third-order valence-corrected chi connectivity index (χ3v) is 1.55. The molecule has 0 saturated carbocycles. The maximum Gasteiger partial charge on any atom is 0.305 e. The lowest BCUT2D eigenvalue weighted by Crippen LogP contribution is -2.13. The standard InChI is InChI=1S/C9H12O4/c1-7(5-9(10)11)13-6-8-3-2-4-12-8/h2-4,7H,5-6H2,1H3,(H,10,11). The summed E-state index contributed by atoms with van der Waals surface area (Å²) >= 11 is 0. The van der Waals surface area contributed by atoms with Crippen LogP contribution in [0, 0.1) is 0 Å². The zero-order valence-electron chi connectivity index (χ0n) is 7.40. The molecule has 0 aliphatic rings. The van der Waals surface area contributed by atoms with Gasteiger partial charge in [-0.3, -0.25) is 4.79 Å². The zero-order valence-corrected chi connectivity index (χ0v) is 7.40. The molecule has 1 unspecified atom stereocenters. The van der Waals surface area contributed by atoms with Crippen LogP contribution in [0.2, 0.25) is 0 Å².